The fraction of sp³-hybridized carbons (Fsp3) is 0.278. The van der Waals surface area contributed by atoms with Crippen LogP contribution < -0.4 is 5.32 Å². The van der Waals surface area contributed by atoms with Gasteiger partial charge in [0, 0.05) is 28.9 Å². The molecule has 0 atom stereocenters. The zero-order chi connectivity index (χ0) is 16.1. The van der Waals surface area contributed by atoms with Gasteiger partial charge in [0.1, 0.15) is 12.0 Å². The van der Waals surface area contributed by atoms with Gasteiger partial charge in [-0.3, -0.25) is 5.10 Å². The molecule has 0 radical (unpaired) electrons. The Hall–Kier alpha value is -2.53. The van der Waals surface area contributed by atoms with Crippen molar-refractivity contribution < 1.29 is 0 Å². The number of hydrogen-bond donors (Lipinski definition) is 2. The highest BCUT2D eigenvalue weighted by Gasteiger charge is 2.25. The molecule has 23 heavy (non-hydrogen) atoms. The second kappa shape index (κ2) is 7.15. The Morgan fingerprint density at radius 2 is 2.09 bits per heavy atom. The van der Waals surface area contributed by atoms with Gasteiger partial charge in [-0.05, 0) is 32.0 Å². The van der Waals surface area contributed by atoms with Crippen molar-refractivity contribution in [3.8, 4) is 11.3 Å². The summed E-state index contributed by atoms with van der Waals surface area (Å²) in [4.78, 5) is 8.47. The lowest BCUT2D eigenvalue weighted by Gasteiger charge is -2.22. The highest BCUT2D eigenvalue weighted by molar-refractivity contribution is 5.84. The predicted molar refractivity (Wildman–Crippen MR) is 92.8 cm³/mol. The molecule has 3 rings (SSSR count). The molecule has 1 aliphatic heterocycles. The molecule has 0 aromatic carbocycles. The standard InChI is InChI=1S/C18H21N5/c1-3-5-13(4-2)17-16(15-8-11-20-12-21-15)18(23-22-17)14-6-9-19-10-7-14/h3-5,8,11-12,14,19H,1-2,6-7,9-10H2,(H,22,23)/b13-5+. The molecule has 5 nitrogen and oxygen atoms in total. The lowest BCUT2D eigenvalue weighted by atomic mass is 9.89. The third kappa shape index (κ3) is 3.14. The van der Waals surface area contributed by atoms with Crippen LogP contribution in [0, 0.1) is 0 Å². The number of aromatic amines is 1. The normalized spacial score (nSPS) is 16.3. The van der Waals surface area contributed by atoms with Crippen molar-refractivity contribution in [2.75, 3.05) is 13.1 Å². The lowest BCUT2D eigenvalue weighted by Crippen LogP contribution is -2.27. The number of aromatic nitrogens is 4. The van der Waals surface area contributed by atoms with Crippen molar-refractivity contribution in [1.29, 1.82) is 0 Å². The molecule has 2 aromatic rings. The van der Waals surface area contributed by atoms with Gasteiger partial charge < -0.3 is 5.32 Å². The van der Waals surface area contributed by atoms with E-state index in [1.165, 1.54) is 0 Å². The van der Waals surface area contributed by atoms with E-state index in [9.17, 15) is 0 Å². The maximum absolute atomic E-state index is 4.56. The van der Waals surface area contributed by atoms with Crippen LogP contribution in [0.1, 0.15) is 30.1 Å². The number of nitrogens with one attached hydrogen (secondary N) is 2. The van der Waals surface area contributed by atoms with E-state index in [-0.39, 0.29) is 0 Å². The van der Waals surface area contributed by atoms with Crippen LogP contribution in [0.3, 0.4) is 0 Å². The average Bonchev–Trinajstić information content (AvgIpc) is 3.06. The van der Waals surface area contributed by atoms with Gasteiger partial charge in [0.2, 0.25) is 0 Å². The Kier molecular flexibility index (Phi) is 4.78. The summed E-state index contributed by atoms with van der Waals surface area (Å²) in [6, 6.07) is 1.92. The quantitative estimate of drug-likeness (QED) is 0.833. The minimum atomic E-state index is 0.456. The summed E-state index contributed by atoms with van der Waals surface area (Å²) in [6.07, 6.45) is 11.0. The SMILES string of the molecule is C=C/C=C(\C=C)c1n[nH]c(C2CCNCC2)c1-c1ccncn1. The maximum atomic E-state index is 4.56. The zero-order valence-electron chi connectivity index (χ0n) is 13.1. The first-order chi connectivity index (χ1) is 11.3. The fourth-order valence-corrected chi connectivity index (χ4v) is 3.04. The molecule has 0 bridgehead atoms. The minimum Gasteiger partial charge on any atom is -0.317 e. The first-order valence-corrected chi connectivity index (χ1v) is 7.86. The number of rotatable bonds is 5. The second-order valence-electron chi connectivity index (χ2n) is 5.54. The van der Waals surface area contributed by atoms with Crippen molar-refractivity contribution in [2.24, 2.45) is 0 Å². The van der Waals surface area contributed by atoms with Crippen LogP contribution in [0.25, 0.3) is 16.8 Å². The van der Waals surface area contributed by atoms with Gasteiger partial charge >= 0.3 is 0 Å². The largest absolute Gasteiger partial charge is 0.317 e. The van der Waals surface area contributed by atoms with Crippen molar-refractivity contribution >= 4 is 5.57 Å². The van der Waals surface area contributed by atoms with Gasteiger partial charge in [-0.2, -0.15) is 5.10 Å². The summed E-state index contributed by atoms with van der Waals surface area (Å²) in [5.74, 6) is 0.456. The van der Waals surface area contributed by atoms with Crippen molar-refractivity contribution in [3.05, 3.63) is 61.4 Å². The third-order valence-corrected chi connectivity index (χ3v) is 4.17. The van der Waals surface area contributed by atoms with E-state index in [0.29, 0.717) is 5.92 Å². The Labute approximate surface area is 136 Å². The lowest BCUT2D eigenvalue weighted by molar-refractivity contribution is 0.453. The molecule has 0 spiro atoms. The molecule has 2 N–H and O–H groups in total. The highest BCUT2D eigenvalue weighted by Crippen LogP contribution is 2.36. The van der Waals surface area contributed by atoms with Crippen LogP contribution in [0.2, 0.25) is 0 Å². The van der Waals surface area contributed by atoms with E-state index in [0.717, 1.165) is 54.1 Å². The first kappa shape index (κ1) is 15.4. The third-order valence-electron chi connectivity index (χ3n) is 4.17. The molecule has 2 aromatic heterocycles. The van der Waals surface area contributed by atoms with Crippen molar-refractivity contribution in [2.45, 2.75) is 18.8 Å². The number of H-pyrrole nitrogens is 1. The molecule has 1 fully saturated rings. The van der Waals surface area contributed by atoms with Crippen LogP contribution in [0.5, 0.6) is 0 Å². The zero-order valence-corrected chi connectivity index (χ0v) is 13.1. The van der Waals surface area contributed by atoms with Crippen LogP contribution in [0.15, 0.2) is 50.0 Å². The monoisotopic (exact) mass is 307 g/mol. The van der Waals surface area contributed by atoms with Gasteiger partial charge in [-0.15, -0.1) is 0 Å². The fourth-order valence-electron chi connectivity index (χ4n) is 3.04. The van der Waals surface area contributed by atoms with Crippen LogP contribution in [0.4, 0.5) is 0 Å². The highest BCUT2D eigenvalue weighted by atomic mass is 15.1. The van der Waals surface area contributed by atoms with E-state index in [2.05, 4.69) is 38.6 Å². The first-order valence-electron chi connectivity index (χ1n) is 7.86. The van der Waals surface area contributed by atoms with E-state index in [1.54, 1.807) is 24.7 Å². The van der Waals surface area contributed by atoms with Gasteiger partial charge in [-0.1, -0.05) is 31.4 Å². The summed E-state index contributed by atoms with van der Waals surface area (Å²) >= 11 is 0. The summed E-state index contributed by atoms with van der Waals surface area (Å²) in [7, 11) is 0. The Bertz CT molecular complexity index is 708. The van der Waals surface area contributed by atoms with Crippen LogP contribution in [-0.4, -0.2) is 33.3 Å². The molecule has 0 amide bonds. The summed E-state index contributed by atoms with van der Waals surface area (Å²) in [5.41, 5.74) is 4.88. The topological polar surface area (TPSA) is 66.5 Å². The number of hydrogen-bond acceptors (Lipinski definition) is 4. The molecule has 3 heterocycles. The molecular formula is C18H21N5. The Morgan fingerprint density at radius 3 is 2.74 bits per heavy atom. The Balaban J connectivity index is 2.14. The van der Waals surface area contributed by atoms with Gasteiger partial charge in [0.05, 0.1) is 5.69 Å². The van der Waals surface area contributed by atoms with E-state index < -0.39 is 0 Å². The predicted octanol–water partition coefficient (Wildman–Crippen LogP) is 3.09. The molecule has 5 heteroatoms. The molecular weight excluding hydrogens is 286 g/mol. The van der Waals surface area contributed by atoms with Crippen LogP contribution >= 0.6 is 0 Å². The van der Waals surface area contributed by atoms with Gasteiger partial charge in [0.15, 0.2) is 0 Å². The van der Waals surface area contributed by atoms with Gasteiger partial charge in [-0.25, -0.2) is 9.97 Å². The van der Waals surface area contributed by atoms with Crippen molar-refractivity contribution in [1.82, 2.24) is 25.5 Å². The van der Waals surface area contributed by atoms with Crippen LogP contribution in [-0.2, 0) is 0 Å². The molecule has 1 aliphatic rings. The number of allylic oxidation sites excluding steroid dienone is 4. The minimum absolute atomic E-state index is 0.456. The number of piperidine rings is 1. The van der Waals surface area contributed by atoms with E-state index >= 15 is 0 Å². The summed E-state index contributed by atoms with van der Waals surface area (Å²) in [5, 5.41) is 11.2. The average molecular weight is 307 g/mol. The molecule has 1 saturated heterocycles. The smallest absolute Gasteiger partial charge is 0.116 e. The molecule has 0 aliphatic carbocycles. The second-order valence-corrected chi connectivity index (χ2v) is 5.54. The summed E-state index contributed by atoms with van der Waals surface area (Å²) < 4.78 is 0. The molecule has 0 unspecified atom stereocenters. The number of nitrogens with zero attached hydrogens (tertiary/aromatic N) is 3. The van der Waals surface area contributed by atoms with Gasteiger partial charge in [0.25, 0.3) is 0 Å². The molecule has 0 saturated carbocycles. The Morgan fingerprint density at radius 1 is 1.26 bits per heavy atom. The van der Waals surface area contributed by atoms with E-state index in [4.69, 9.17) is 0 Å². The van der Waals surface area contributed by atoms with E-state index in [1.807, 2.05) is 12.1 Å². The van der Waals surface area contributed by atoms with Crippen molar-refractivity contribution in [3.63, 3.8) is 0 Å². The molecule has 118 valence electrons. The summed E-state index contributed by atoms with van der Waals surface area (Å²) in [6.45, 7) is 9.73. The maximum Gasteiger partial charge on any atom is 0.116 e.